The first-order valence-corrected chi connectivity index (χ1v) is 11.2. The number of thiocarbonyl (C=S) groups is 1. The Hall–Kier alpha value is -3.71. The van der Waals surface area contributed by atoms with Crippen molar-refractivity contribution in [3.8, 4) is 11.4 Å². The average Bonchev–Trinajstić information content (AvgIpc) is 3.45. The van der Waals surface area contributed by atoms with Crippen LogP contribution < -0.4 is 15.0 Å². The second-order valence-corrected chi connectivity index (χ2v) is 8.09. The van der Waals surface area contributed by atoms with Crippen molar-refractivity contribution < 1.29 is 9.13 Å². The van der Waals surface area contributed by atoms with Gasteiger partial charge in [-0.05, 0) is 91.9 Å². The Balaban J connectivity index is 1.61. The normalized spacial score (nSPS) is 17.8. The molecule has 2 atom stereocenters. The van der Waals surface area contributed by atoms with E-state index in [0.717, 1.165) is 28.5 Å². The summed E-state index contributed by atoms with van der Waals surface area (Å²) in [5, 5.41) is 4.02. The molecule has 0 spiro atoms. The fourth-order valence-electron chi connectivity index (χ4n) is 4.28. The van der Waals surface area contributed by atoms with Crippen LogP contribution in [0.25, 0.3) is 5.69 Å². The van der Waals surface area contributed by atoms with E-state index >= 15 is 0 Å². The lowest BCUT2D eigenvalue weighted by molar-refractivity contribution is 0.340. The minimum absolute atomic E-state index is 0.180. The highest BCUT2D eigenvalue weighted by Crippen LogP contribution is 2.42. The summed E-state index contributed by atoms with van der Waals surface area (Å²) in [6.07, 6.45) is 3.81. The van der Waals surface area contributed by atoms with Gasteiger partial charge in [0.15, 0.2) is 5.11 Å². The van der Waals surface area contributed by atoms with Crippen LogP contribution in [0.1, 0.15) is 30.4 Å². The van der Waals surface area contributed by atoms with Crippen LogP contribution in [0.2, 0.25) is 0 Å². The zero-order chi connectivity index (χ0) is 22.8. The molecule has 33 heavy (non-hydrogen) atoms. The number of nitrogens with zero attached hydrogens (tertiary/aromatic N) is 3. The van der Waals surface area contributed by atoms with Gasteiger partial charge in [-0.3, -0.25) is 4.98 Å². The Morgan fingerprint density at radius 3 is 2.42 bits per heavy atom. The molecule has 1 saturated heterocycles. The molecule has 3 heterocycles. The predicted octanol–water partition coefficient (Wildman–Crippen LogP) is 5.59. The van der Waals surface area contributed by atoms with E-state index in [-0.39, 0.29) is 17.9 Å². The smallest absolute Gasteiger partial charge is 0.174 e. The van der Waals surface area contributed by atoms with Gasteiger partial charge in [-0.25, -0.2) is 4.39 Å². The molecule has 2 aromatic heterocycles. The number of hydrogen-bond acceptors (Lipinski definition) is 3. The highest BCUT2D eigenvalue weighted by molar-refractivity contribution is 7.80. The molecule has 0 amide bonds. The van der Waals surface area contributed by atoms with Gasteiger partial charge in [-0.15, -0.1) is 0 Å². The molecular weight excluding hydrogens is 435 g/mol. The molecule has 1 fully saturated rings. The van der Waals surface area contributed by atoms with Crippen LogP contribution in [-0.2, 0) is 0 Å². The largest absolute Gasteiger partial charge is 0.494 e. The maximum absolute atomic E-state index is 13.7. The molecule has 5 rings (SSSR count). The van der Waals surface area contributed by atoms with E-state index in [1.165, 1.54) is 12.1 Å². The summed E-state index contributed by atoms with van der Waals surface area (Å²) < 4.78 is 21.4. The van der Waals surface area contributed by atoms with Crippen LogP contribution in [0.4, 0.5) is 10.1 Å². The maximum Gasteiger partial charge on any atom is 0.174 e. The van der Waals surface area contributed by atoms with Crippen LogP contribution in [0.3, 0.4) is 0 Å². The van der Waals surface area contributed by atoms with Gasteiger partial charge in [0.25, 0.3) is 0 Å². The van der Waals surface area contributed by atoms with E-state index in [2.05, 4.69) is 20.9 Å². The van der Waals surface area contributed by atoms with Crippen molar-refractivity contribution in [2.75, 3.05) is 11.5 Å². The molecule has 7 heteroatoms. The van der Waals surface area contributed by atoms with Crippen LogP contribution in [0.15, 0.2) is 91.3 Å². The molecule has 1 N–H and O–H groups in total. The lowest BCUT2D eigenvalue weighted by atomic mass is 10.0. The van der Waals surface area contributed by atoms with Crippen LogP contribution >= 0.6 is 12.2 Å². The number of hydrogen-bond donors (Lipinski definition) is 1. The third-order valence-electron chi connectivity index (χ3n) is 5.71. The summed E-state index contributed by atoms with van der Waals surface area (Å²) in [5.41, 5.74) is 3.74. The zero-order valence-electron chi connectivity index (χ0n) is 18.1. The highest BCUT2D eigenvalue weighted by Gasteiger charge is 2.42. The highest BCUT2D eigenvalue weighted by atomic mass is 32.1. The Labute approximate surface area is 197 Å². The minimum Gasteiger partial charge on any atom is -0.494 e. The molecule has 4 aromatic rings. The first kappa shape index (κ1) is 21.2. The topological polar surface area (TPSA) is 42.3 Å². The minimum atomic E-state index is -0.285. The number of pyridine rings is 1. The molecule has 166 valence electrons. The van der Waals surface area contributed by atoms with Crippen molar-refractivity contribution in [1.29, 1.82) is 0 Å². The predicted molar refractivity (Wildman–Crippen MR) is 131 cm³/mol. The van der Waals surface area contributed by atoms with Gasteiger partial charge in [0.05, 0.1) is 18.3 Å². The van der Waals surface area contributed by atoms with Gasteiger partial charge < -0.3 is 19.5 Å². The molecular formula is C26H23FN4OS. The Morgan fingerprint density at radius 1 is 0.970 bits per heavy atom. The number of halogens is 1. The molecule has 0 aliphatic carbocycles. The van der Waals surface area contributed by atoms with E-state index < -0.39 is 0 Å². The van der Waals surface area contributed by atoms with Gasteiger partial charge in [0.1, 0.15) is 17.6 Å². The van der Waals surface area contributed by atoms with Crippen molar-refractivity contribution in [2.45, 2.75) is 19.0 Å². The quantitative estimate of drug-likeness (QED) is 0.382. The Kier molecular flexibility index (Phi) is 5.79. The first-order chi connectivity index (χ1) is 16.2. The van der Waals surface area contributed by atoms with Crippen molar-refractivity contribution in [3.05, 3.63) is 108 Å². The van der Waals surface area contributed by atoms with Crippen molar-refractivity contribution in [3.63, 3.8) is 0 Å². The lowest BCUT2D eigenvalue weighted by Gasteiger charge is -2.29. The SMILES string of the molecule is CCOc1ccc(-n2cccc2[C@H]2[C@H](c3ccccn3)NC(=S)N2c2ccc(F)cc2)cc1. The van der Waals surface area contributed by atoms with Crippen molar-refractivity contribution in [1.82, 2.24) is 14.9 Å². The van der Waals surface area contributed by atoms with E-state index in [1.807, 2.05) is 66.6 Å². The molecule has 0 saturated carbocycles. The summed E-state index contributed by atoms with van der Waals surface area (Å²) in [7, 11) is 0. The van der Waals surface area contributed by atoms with Gasteiger partial charge >= 0.3 is 0 Å². The van der Waals surface area contributed by atoms with Crippen molar-refractivity contribution >= 4 is 23.0 Å². The van der Waals surface area contributed by atoms with E-state index in [9.17, 15) is 4.39 Å². The summed E-state index contributed by atoms with van der Waals surface area (Å²) in [6.45, 7) is 2.59. The van der Waals surface area contributed by atoms with E-state index in [4.69, 9.17) is 17.0 Å². The van der Waals surface area contributed by atoms with Gasteiger partial charge in [0, 0.05) is 29.5 Å². The van der Waals surface area contributed by atoms with Gasteiger partial charge in [0.2, 0.25) is 0 Å². The summed E-state index contributed by atoms with van der Waals surface area (Å²) >= 11 is 5.76. The summed E-state index contributed by atoms with van der Waals surface area (Å²) in [4.78, 5) is 6.63. The fourth-order valence-corrected chi connectivity index (χ4v) is 4.62. The first-order valence-electron chi connectivity index (χ1n) is 10.8. The second-order valence-electron chi connectivity index (χ2n) is 7.70. The number of nitrogens with one attached hydrogen (secondary N) is 1. The molecule has 1 aliphatic rings. The van der Waals surface area contributed by atoms with Gasteiger partial charge in [-0.2, -0.15) is 0 Å². The average molecular weight is 459 g/mol. The molecule has 0 unspecified atom stereocenters. The van der Waals surface area contributed by atoms with E-state index in [1.54, 1.807) is 18.3 Å². The third-order valence-corrected chi connectivity index (χ3v) is 6.03. The van der Waals surface area contributed by atoms with Crippen LogP contribution in [-0.4, -0.2) is 21.3 Å². The van der Waals surface area contributed by atoms with Gasteiger partial charge in [-0.1, -0.05) is 6.07 Å². The number of anilines is 1. The standard InChI is InChI=1S/C26H23FN4OS/c1-2-32-21-14-12-19(13-15-21)30-17-5-7-23(30)25-24(22-6-3-4-16-28-22)29-26(33)31(25)20-10-8-18(27)9-11-20/h3-17,24-25H,2H2,1H3,(H,29,33)/t24-,25-/m0/s1. The van der Waals surface area contributed by atoms with E-state index in [0.29, 0.717) is 11.7 Å². The lowest BCUT2D eigenvalue weighted by Crippen LogP contribution is -2.30. The zero-order valence-corrected chi connectivity index (χ0v) is 18.9. The number of rotatable bonds is 6. The number of aromatic nitrogens is 2. The Morgan fingerprint density at radius 2 is 1.73 bits per heavy atom. The summed E-state index contributed by atoms with van der Waals surface area (Å²) in [6, 6.07) is 24.0. The molecule has 5 nitrogen and oxygen atoms in total. The van der Waals surface area contributed by atoms with Crippen LogP contribution in [0, 0.1) is 5.82 Å². The number of benzene rings is 2. The second kappa shape index (κ2) is 9.03. The Bertz CT molecular complexity index is 1240. The molecule has 0 radical (unpaired) electrons. The fraction of sp³-hybridized carbons (Fsp3) is 0.154. The summed E-state index contributed by atoms with van der Waals surface area (Å²) in [5.74, 6) is 0.547. The van der Waals surface area contributed by atoms with Crippen molar-refractivity contribution in [2.24, 2.45) is 0 Å². The molecule has 0 bridgehead atoms. The van der Waals surface area contributed by atoms with Crippen LogP contribution in [0.5, 0.6) is 5.75 Å². The monoisotopic (exact) mass is 458 g/mol. The molecule has 2 aromatic carbocycles. The molecule has 1 aliphatic heterocycles. The third kappa shape index (κ3) is 4.07. The maximum atomic E-state index is 13.7. The number of ether oxygens (including phenoxy) is 1.